The molecule has 3 N–H and O–H groups in total. The van der Waals surface area contributed by atoms with E-state index in [0.29, 0.717) is 11.5 Å². The molecule has 0 heterocycles. The first-order valence-corrected chi connectivity index (χ1v) is 7.41. The normalized spacial score (nSPS) is 17.7. The summed E-state index contributed by atoms with van der Waals surface area (Å²) >= 11 is 0. The number of rotatable bonds is 5. The van der Waals surface area contributed by atoms with Crippen LogP contribution < -0.4 is 10.5 Å². The molecule has 1 aliphatic rings. The Labute approximate surface area is 106 Å². The summed E-state index contributed by atoms with van der Waals surface area (Å²) in [4.78, 5) is -0.0124. The molecule has 4 nitrogen and oxygen atoms in total. The first-order valence-electron chi connectivity index (χ1n) is 5.92. The summed E-state index contributed by atoms with van der Waals surface area (Å²) in [6.07, 6.45) is 1.99. The van der Waals surface area contributed by atoms with Gasteiger partial charge in [-0.15, -0.1) is 0 Å². The zero-order chi connectivity index (χ0) is 13.3. The zero-order valence-electron chi connectivity index (χ0n) is 10.2. The molecule has 18 heavy (non-hydrogen) atoms. The van der Waals surface area contributed by atoms with Gasteiger partial charge in [0.2, 0.25) is 10.0 Å². The van der Waals surface area contributed by atoms with Crippen LogP contribution in [0.2, 0.25) is 0 Å². The van der Waals surface area contributed by atoms with E-state index < -0.39 is 15.8 Å². The van der Waals surface area contributed by atoms with E-state index in [1.54, 1.807) is 6.92 Å². The van der Waals surface area contributed by atoms with Crippen molar-refractivity contribution in [3.63, 3.8) is 0 Å². The first kappa shape index (κ1) is 13.5. The molecule has 0 aliphatic heterocycles. The van der Waals surface area contributed by atoms with Crippen LogP contribution in [0.25, 0.3) is 0 Å². The van der Waals surface area contributed by atoms with Gasteiger partial charge in [-0.25, -0.2) is 17.5 Å². The van der Waals surface area contributed by atoms with Gasteiger partial charge >= 0.3 is 0 Å². The van der Waals surface area contributed by atoms with Crippen LogP contribution in [0, 0.1) is 18.7 Å². The third kappa shape index (κ3) is 2.88. The second-order valence-electron chi connectivity index (χ2n) is 4.71. The van der Waals surface area contributed by atoms with Gasteiger partial charge < -0.3 is 5.73 Å². The first-order chi connectivity index (χ1) is 8.44. The highest BCUT2D eigenvalue weighted by Gasteiger charge is 2.33. The van der Waals surface area contributed by atoms with Gasteiger partial charge in [0.05, 0.1) is 4.90 Å². The van der Waals surface area contributed by atoms with Gasteiger partial charge in [0.25, 0.3) is 0 Å². The minimum atomic E-state index is -3.70. The Morgan fingerprint density at radius 2 is 2.17 bits per heavy atom. The maximum Gasteiger partial charge on any atom is 0.241 e. The van der Waals surface area contributed by atoms with E-state index in [4.69, 9.17) is 5.73 Å². The molecular formula is C12H17FN2O2S. The number of nitrogens with one attached hydrogen (secondary N) is 1. The average molecular weight is 272 g/mol. The molecular weight excluding hydrogens is 255 g/mol. The Morgan fingerprint density at radius 1 is 1.50 bits per heavy atom. The number of hydrogen-bond acceptors (Lipinski definition) is 3. The Kier molecular flexibility index (Phi) is 3.70. The van der Waals surface area contributed by atoms with E-state index in [0.717, 1.165) is 18.9 Å². The van der Waals surface area contributed by atoms with E-state index in [1.165, 1.54) is 12.1 Å². The molecule has 1 unspecified atom stereocenters. The van der Waals surface area contributed by atoms with Crippen LogP contribution in [-0.2, 0) is 10.0 Å². The van der Waals surface area contributed by atoms with Gasteiger partial charge in [0, 0.05) is 12.6 Å². The highest BCUT2D eigenvalue weighted by atomic mass is 32.2. The summed E-state index contributed by atoms with van der Waals surface area (Å²) in [6.45, 7) is 1.90. The molecule has 1 aromatic carbocycles. The van der Waals surface area contributed by atoms with E-state index in [1.807, 2.05) is 0 Å². The minimum Gasteiger partial charge on any atom is -0.329 e. The molecule has 1 aromatic rings. The smallest absolute Gasteiger partial charge is 0.241 e. The maximum absolute atomic E-state index is 13.2. The van der Waals surface area contributed by atoms with Crippen LogP contribution in [-0.4, -0.2) is 21.0 Å². The minimum absolute atomic E-state index is 0.0124. The van der Waals surface area contributed by atoms with Gasteiger partial charge in [-0.1, -0.05) is 6.07 Å². The maximum atomic E-state index is 13.2. The van der Waals surface area contributed by atoms with Crippen molar-refractivity contribution in [1.82, 2.24) is 4.72 Å². The van der Waals surface area contributed by atoms with E-state index in [9.17, 15) is 12.8 Å². The number of aryl methyl sites for hydroxylation is 1. The van der Waals surface area contributed by atoms with Crippen LogP contribution in [0.4, 0.5) is 4.39 Å². The standard InChI is InChI=1S/C12H17FN2O2S/c1-8-2-5-10(13)6-12(8)18(16,17)15-11(7-14)9-3-4-9/h2,5-6,9,11,15H,3-4,7,14H2,1H3. The summed E-state index contributed by atoms with van der Waals surface area (Å²) < 4.78 is 40.1. The molecule has 1 fully saturated rings. The fourth-order valence-electron chi connectivity index (χ4n) is 1.96. The third-order valence-electron chi connectivity index (χ3n) is 3.19. The summed E-state index contributed by atoms with van der Waals surface area (Å²) in [5.41, 5.74) is 6.09. The van der Waals surface area contributed by atoms with E-state index in [-0.39, 0.29) is 17.5 Å². The lowest BCUT2D eigenvalue weighted by Crippen LogP contribution is -2.41. The third-order valence-corrected chi connectivity index (χ3v) is 4.82. The van der Waals surface area contributed by atoms with Crippen molar-refractivity contribution in [2.45, 2.75) is 30.7 Å². The summed E-state index contributed by atoms with van der Waals surface area (Å²) in [7, 11) is -3.70. The predicted octanol–water partition coefficient (Wildman–Crippen LogP) is 1.15. The molecule has 100 valence electrons. The summed E-state index contributed by atoms with van der Waals surface area (Å²) in [6, 6.07) is 3.49. The van der Waals surface area contributed by atoms with Crippen molar-refractivity contribution in [3.05, 3.63) is 29.6 Å². The van der Waals surface area contributed by atoms with E-state index >= 15 is 0 Å². The van der Waals surface area contributed by atoms with E-state index in [2.05, 4.69) is 4.72 Å². The number of nitrogens with two attached hydrogens (primary N) is 1. The van der Waals surface area contributed by atoms with Crippen LogP contribution in [0.1, 0.15) is 18.4 Å². The number of sulfonamides is 1. The molecule has 1 atom stereocenters. The summed E-state index contributed by atoms with van der Waals surface area (Å²) in [5.74, 6) is -0.240. The molecule has 6 heteroatoms. The predicted molar refractivity (Wildman–Crippen MR) is 67.0 cm³/mol. The van der Waals surface area contributed by atoms with Crippen LogP contribution in [0.5, 0.6) is 0 Å². The van der Waals surface area contributed by atoms with Crippen molar-refractivity contribution in [2.75, 3.05) is 6.54 Å². The lowest BCUT2D eigenvalue weighted by molar-refractivity contribution is 0.518. The fourth-order valence-corrected chi connectivity index (χ4v) is 3.54. The Hall–Kier alpha value is -0.980. The second-order valence-corrected chi connectivity index (χ2v) is 6.39. The molecule has 2 rings (SSSR count). The largest absolute Gasteiger partial charge is 0.329 e. The fraction of sp³-hybridized carbons (Fsp3) is 0.500. The van der Waals surface area contributed by atoms with Gasteiger partial charge in [-0.3, -0.25) is 0 Å². The highest BCUT2D eigenvalue weighted by Crippen LogP contribution is 2.33. The average Bonchev–Trinajstić information content (AvgIpc) is 3.13. The lowest BCUT2D eigenvalue weighted by Gasteiger charge is -2.17. The van der Waals surface area contributed by atoms with Crippen molar-refractivity contribution in [1.29, 1.82) is 0 Å². The van der Waals surface area contributed by atoms with Crippen molar-refractivity contribution in [3.8, 4) is 0 Å². The van der Waals surface area contributed by atoms with Crippen LogP contribution in [0.15, 0.2) is 23.1 Å². The molecule has 0 amide bonds. The van der Waals surface area contributed by atoms with Gasteiger partial charge in [-0.05, 0) is 43.4 Å². The monoisotopic (exact) mass is 272 g/mol. The lowest BCUT2D eigenvalue weighted by atomic mass is 10.2. The number of benzene rings is 1. The molecule has 0 saturated heterocycles. The Balaban J connectivity index is 2.26. The molecule has 0 radical (unpaired) electrons. The SMILES string of the molecule is Cc1ccc(F)cc1S(=O)(=O)NC(CN)C1CC1. The van der Waals surface area contributed by atoms with Crippen molar-refractivity contribution in [2.24, 2.45) is 11.7 Å². The van der Waals surface area contributed by atoms with Gasteiger partial charge in [0.15, 0.2) is 0 Å². The molecule has 1 saturated carbocycles. The second kappa shape index (κ2) is 4.95. The summed E-state index contributed by atoms with van der Waals surface area (Å²) in [5, 5.41) is 0. The van der Waals surface area contributed by atoms with Crippen molar-refractivity contribution < 1.29 is 12.8 Å². The van der Waals surface area contributed by atoms with Crippen LogP contribution >= 0.6 is 0 Å². The zero-order valence-corrected chi connectivity index (χ0v) is 11.0. The van der Waals surface area contributed by atoms with Crippen LogP contribution in [0.3, 0.4) is 0 Å². The highest BCUT2D eigenvalue weighted by molar-refractivity contribution is 7.89. The quantitative estimate of drug-likeness (QED) is 0.844. The van der Waals surface area contributed by atoms with Gasteiger partial charge in [0.1, 0.15) is 5.82 Å². The Bertz CT molecular complexity index is 541. The molecule has 1 aliphatic carbocycles. The number of halogens is 1. The van der Waals surface area contributed by atoms with Gasteiger partial charge in [-0.2, -0.15) is 0 Å². The van der Waals surface area contributed by atoms with Crippen molar-refractivity contribution >= 4 is 10.0 Å². The molecule has 0 bridgehead atoms. The molecule has 0 spiro atoms. The topological polar surface area (TPSA) is 72.2 Å². The Morgan fingerprint density at radius 3 is 2.72 bits per heavy atom. The molecule has 0 aromatic heterocycles. The number of hydrogen-bond donors (Lipinski definition) is 2.